The quantitative estimate of drug-likeness (QED) is 0.542. The largest absolute Gasteiger partial charge is 0.497 e. The zero-order chi connectivity index (χ0) is 19.3. The number of aromatic nitrogens is 5. The number of tetrazole rings is 1. The number of rotatable bonds is 6. The molecule has 0 atom stereocenters. The number of carbonyl (C=O) groups is 1. The average molecular weight is 392 g/mol. The number of methoxy groups -OCH3 is 1. The SMILES string of the molecule is COc1ccc(Cc2cnc(NC(=O)c3ccc(-n4cnnn4)cc3)s2)cc1. The van der Waals surface area contributed by atoms with E-state index in [2.05, 4.69) is 25.8 Å². The summed E-state index contributed by atoms with van der Waals surface area (Å²) in [4.78, 5) is 17.8. The number of carbonyl (C=O) groups excluding carboxylic acids is 1. The lowest BCUT2D eigenvalue weighted by molar-refractivity contribution is 0.102. The monoisotopic (exact) mass is 392 g/mol. The van der Waals surface area contributed by atoms with Crippen molar-refractivity contribution in [2.75, 3.05) is 12.4 Å². The molecule has 28 heavy (non-hydrogen) atoms. The smallest absolute Gasteiger partial charge is 0.257 e. The van der Waals surface area contributed by atoms with Crippen molar-refractivity contribution < 1.29 is 9.53 Å². The standard InChI is InChI=1S/C19H16N6O2S/c1-27-16-8-2-13(3-9-16)10-17-11-20-19(28-17)22-18(26)14-4-6-15(7-5-14)25-12-21-23-24-25/h2-9,11-12H,10H2,1H3,(H,20,22,26). The topological polar surface area (TPSA) is 94.8 Å². The van der Waals surface area contributed by atoms with E-state index in [0.717, 1.165) is 28.3 Å². The fourth-order valence-electron chi connectivity index (χ4n) is 2.61. The summed E-state index contributed by atoms with van der Waals surface area (Å²) in [6, 6.07) is 14.9. The molecule has 4 rings (SSSR count). The molecular weight excluding hydrogens is 376 g/mol. The molecular formula is C19H16N6O2S. The third kappa shape index (κ3) is 4.04. The van der Waals surface area contributed by atoms with Gasteiger partial charge in [0.1, 0.15) is 12.1 Å². The second kappa shape index (κ2) is 7.97. The van der Waals surface area contributed by atoms with Gasteiger partial charge in [0, 0.05) is 23.1 Å². The molecule has 2 heterocycles. The lowest BCUT2D eigenvalue weighted by Crippen LogP contribution is -2.11. The zero-order valence-corrected chi connectivity index (χ0v) is 15.8. The molecule has 0 unspecified atom stereocenters. The molecule has 0 aliphatic rings. The van der Waals surface area contributed by atoms with Crippen LogP contribution in [0.4, 0.5) is 5.13 Å². The van der Waals surface area contributed by atoms with Gasteiger partial charge in [0.15, 0.2) is 5.13 Å². The molecule has 0 aliphatic heterocycles. The van der Waals surface area contributed by atoms with Crippen molar-refractivity contribution in [1.82, 2.24) is 25.2 Å². The van der Waals surface area contributed by atoms with Gasteiger partial charge in [0.2, 0.25) is 0 Å². The van der Waals surface area contributed by atoms with Crippen LogP contribution in [-0.2, 0) is 6.42 Å². The molecule has 1 N–H and O–H groups in total. The first-order chi connectivity index (χ1) is 13.7. The maximum Gasteiger partial charge on any atom is 0.257 e. The fourth-order valence-corrected chi connectivity index (χ4v) is 3.45. The van der Waals surface area contributed by atoms with Crippen molar-refractivity contribution in [3.63, 3.8) is 0 Å². The molecule has 1 amide bonds. The highest BCUT2D eigenvalue weighted by atomic mass is 32.1. The van der Waals surface area contributed by atoms with Crippen LogP contribution in [0.3, 0.4) is 0 Å². The van der Waals surface area contributed by atoms with Crippen molar-refractivity contribution in [3.05, 3.63) is 77.1 Å². The van der Waals surface area contributed by atoms with Crippen molar-refractivity contribution in [3.8, 4) is 11.4 Å². The molecule has 8 nitrogen and oxygen atoms in total. The number of nitrogens with zero attached hydrogens (tertiary/aromatic N) is 5. The summed E-state index contributed by atoms with van der Waals surface area (Å²) in [7, 11) is 1.65. The van der Waals surface area contributed by atoms with Crippen LogP contribution in [0.25, 0.3) is 5.69 Å². The molecule has 2 aromatic heterocycles. The first-order valence-electron chi connectivity index (χ1n) is 8.44. The molecule has 4 aromatic rings. The Morgan fingerprint density at radius 3 is 2.61 bits per heavy atom. The third-order valence-electron chi connectivity index (χ3n) is 4.05. The minimum Gasteiger partial charge on any atom is -0.497 e. The predicted molar refractivity (Wildman–Crippen MR) is 105 cm³/mol. The Balaban J connectivity index is 1.39. The van der Waals surface area contributed by atoms with Gasteiger partial charge in [-0.2, -0.15) is 0 Å². The Bertz CT molecular complexity index is 1060. The molecule has 0 spiro atoms. The maximum absolute atomic E-state index is 12.4. The number of ether oxygens (including phenoxy) is 1. The summed E-state index contributed by atoms with van der Waals surface area (Å²) in [6.07, 6.45) is 4.03. The van der Waals surface area contributed by atoms with Gasteiger partial charge in [-0.3, -0.25) is 10.1 Å². The molecule has 2 aromatic carbocycles. The second-order valence-electron chi connectivity index (χ2n) is 5.91. The Hall–Kier alpha value is -3.59. The number of benzene rings is 2. The Morgan fingerprint density at radius 1 is 1.14 bits per heavy atom. The van der Waals surface area contributed by atoms with E-state index in [4.69, 9.17) is 4.74 Å². The van der Waals surface area contributed by atoms with Crippen molar-refractivity contribution in [2.24, 2.45) is 0 Å². The normalized spacial score (nSPS) is 10.6. The highest BCUT2D eigenvalue weighted by molar-refractivity contribution is 7.15. The number of nitrogens with one attached hydrogen (secondary N) is 1. The lowest BCUT2D eigenvalue weighted by atomic mass is 10.1. The van der Waals surface area contributed by atoms with Crippen LogP contribution >= 0.6 is 11.3 Å². The summed E-state index contributed by atoms with van der Waals surface area (Å²) in [5.74, 6) is 0.612. The number of anilines is 1. The number of hydrogen-bond acceptors (Lipinski definition) is 7. The molecule has 0 fully saturated rings. The van der Waals surface area contributed by atoms with E-state index in [9.17, 15) is 4.79 Å². The van der Waals surface area contributed by atoms with E-state index in [-0.39, 0.29) is 5.91 Å². The van der Waals surface area contributed by atoms with E-state index < -0.39 is 0 Å². The van der Waals surface area contributed by atoms with Crippen molar-refractivity contribution >= 4 is 22.4 Å². The summed E-state index contributed by atoms with van der Waals surface area (Å²) < 4.78 is 6.69. The molecule has 0 radical (unpaired) electrons. The van der Waals surface area contributed by atoms with Crippen LogP contribution in [0.2, 0.25) is 0 Å². The molecule has 0 saturated heterocycles. The van der Waals surface area contributed by atoms with Crippen molar-refractivity contribution in [1.29, 1.82) is 0 Å². The first-order valence-corrected chi connectivity index (χ1v) is 9.25. The predicted octanol–water partition coefficient (Wildman–Crippen LogP) is 2.97. The molecule has 0 aliphatic carbocycles. The van der Waals surface area contributed by atoms with Crippen LogP contribution < -0.4 is 10.1 Å². The second-order valence-corrected chi connectivity index (χ2v) is 7.03. The average Bonchev–Trinajstić information content (AvgIpc) is 3.41. The molecule has 0 saturated carbocycles. The minimum atomic E-state index is -0.214. The summed E-state index contributed by atoms with van der Waals surface area (Å²) >= 11 is 1.46. The fraction of sp³-hybridized carbons (Fsp3) is 0.105. The Morgan fingerprint density at radius 2 is 1.93 bits per heavy atom. The van der Waals surface area contributed by atoms with Crippen LogP contribution in [0, 0.1) is 0 Å². The van der Waals surface area contributed by atoms with Gasteiger partial charge in [-0.1, -0.05) is 12.1 Å². The van der Waals surface area contributed by atoms with Gasteiger partial charge < -0.3 is 4.74 Å². The first kappa shape index (κ1) is 17.8. The molecule has 0 bridgehead atoms. The number of hydrogen-bond donors (Lipinski definition) is 1. The summed E-state index contributed by atoms with van der Waals surface area (Å²) in [6.45, 7) is 0. The number of amides is 1. The number of thiazole rings is 1. The lowest BCUT2D eigenvalue weighted by Gasteiger charge is -2.03. The van der Waals surface area contributed by atoms with Crippen LogP contribution in [0.1, 0.15) is 20.8 Å². The van der Waals surface area contributed by atoms with Gasteiger partial charge in [-0.05, 0) is 52.4 Å². The molecule has 140 valence electrons. The summed E-state index contributed by atoms with van der Waals surface area (Å²) in [5, 5.41) is 14.4. The Labute approximate surface area is 164 Å². The highest BCUT2D eigenvalue weighted by Crippen LogP contribution is 2.23. The van der Waals surface area contributed by atoms with Crippen LogP contribution in [0.5, 0.6) is 5.75 Å². The minimum absolute atomic E-state index is 0.214. The van der Waals surface area contributed by atoms with E-state index >= 15 is 0 Å². The van der Waals surface area contributed by atoms with E-state index in [0.29, 0.717) is 10.7 Å². The van der Waals surface area contributed by atoms with Gasteiger partial charge in [0.05, 0.1) is 12.8 Å². The van der Waals surface area contributed by atoms with Crippen LogP contribution in [0.15, 0.2) is 61.1 Å². The van der Waals surface area contributed by atoms with Crippen LogP contribution in [-0.4, -0.2) is 38.2 Å². The van der Waals surface area contributed by atoms with E-state index in [1.165, 1.54) is 22.3 Å². The van der Waals surface area contributed by atoms with Gasteiger partial charge in [-0.25, -0.2) is 9.67 Å². The van der Waals surface area contributed by atoms with Gasteiger partial charge in [0.25, 0.3) is 5.91 Å². The maximum atomic E-state index is 12.4. The summed E-state index contributed by atoms with van der Waals surface area (Å²) in [5.41, 5.74) is 2.46. The van der Waals surface area contributed by atoms with Gasteiger partial charge >= 0.3 is 0 Å². The Kier molecular flexibility index (Phi) is 5.07. The van der Waals surface area contributed by atoms with E-state index in [1.54, 1.807) is 37.6 Å². The molecule has 9 heteroatoms. The van der Waals surface area contributed by atoms with Crippen molar-refractivity contribution in [2.45, 2.75) is 6.42 Å². The van der Waals surface area contributed by atoms with Gasteiger partial charge in [-0.15, -0.1) is 16.4 Å². The zero-order valence-electron chi connectivity index (χ0n) is 14.9. The van der Waals surface area contributed by atoms with E-state index in [1.807, 2.05) is 24.3 Å². The highest BCUT2D eigenvalue weighted by Gasteiger charge is 2.10. The third-order valence-corrected chi connectivity index (χ3v) is 4.97.